The summed E-state index contributed by atoms with van der Waals surface area (Å²) in [6.45, 7) is 0. The average molecular weight is 359 g/mol. The fourth-order valence-corrected chi connectivity index (χ4v) is 2.49. The maximum absolute atomic E-state index is 13.3. The molecule has 0 unspecified atom stereocenters. The summed E-state index contributed by atoms with van der Waals surface area (Å²) in [6, 6.07) is 8.95. The molecule has 0 aromatic heterocycles. The van der Waals surface area contributed by atoms with Crippen molar-refractivity contribution in [1.29, 1.82) is 0 Å². The van der Waals surface area contributed by atoms with Gasteiger partial charge in [0, 0.05) is 26.8 Å². The molecule has 0 aliphatic heterocycles. The molecule has 0 aliphatic rings. The van der Waals surface area contributed by atoms with Crippen LogP contribution in [0.15, 0.2) is 40.9 Å². The highest BCUT2D eigenvalue weighted by Crippen LogP contribution is 2.23. The molecule has 0 radical (unpaired) electrons. The van der Waals surface area contributed by atoms with Crippen LogP contribution in [-0.2, 0) is 0 Å². The second-order valence-corrected chi connectivity index (χ2v) is 5.31. The molecule has 2 rings (SSSR count). The quantitative estimate of drug-likeness (QED) is 0.877. The predicted molar refractivity (Wildman–Crippen MR) is 80.1 cm³/mol. The van der Waals surface area contributed by atoms with Crippen molar-refractivity contribution in [2.75, 3.05) is 12.4 Å². The zero-order valence-electron chi connectivity index (χ0n) is 10.4. The molecule has 0 saturated heterocycles. The number of benzene rings is 2. The Hall–Kier alpha value is -1.59. The van der Waals surface area contributed by atoms with Crippen LogP contribution in [0.1, 0.15) is 10.4 Å². The number of rotatable bonds is 3. The Labute approximate surface area is 128 Å². The SMILES string of the molecule is COc1cc(NC(=O)c2cc(Cl)cc(Br)c2)ccc1F. The third kappa shape index (κ3) is 3.49. The number of methoxy groups -OCH3 is 1. The van der Waals surface area contributed by atoms with Crippen LogP contribution >= 0.6 is 27.5 Å². The van der Waals surface area contributed by atoms with Crippen LogP contribution in [0.4, 0.5) is 10.1 Å². The van der Waals surface area contributed by atoms with Gasteiger partial charge in [0.1, 0.15) is 0 Å². The first-order chi connectivity index (χ1) is 9.49. The van der Waals surface area contributed by atoms with Crippen molar-refractivity contribution >= 4 is 39.1 Å². The minimum atomic E-state index is -0.490. The predicted octanol–water partition coefficient (Wildman–Crippen LogP) is 4.50. The number of hydrogen-bond acceptors (Lipinski definition) is 2. The lowest BCUT2D eigenvalue weighted by molar-refractivity contribution is 0.102. The highest BCUT2D eigenvalue weighted by Gasteiger charge is 2.10. The highest BCUT2D eigenvalue weighted by molar-refractivity contribution is 9.10. The van der Waals surface area contributed by atoms with E-state index in [1.165, 1.54) is 25.3 Å². The zero-order valence-corrected chi connectivity index (χ0v) is 12.8. The lowest BCUT2D eigenvalue weighted by Crippen LogP contribution is -2.12. The number of carbonyl (C=O) groups is 1. The van der Waals surface area contributed by atoms with Gasteiger partial charge in [-0.3, -0.25) is 4.79 Å². The summed E-state index contributed by atoms with van der Waals surface area (Å²) in [6.07, 6.45) is 0. The minimum absolute atomic E-state index is 0.0649. The topological polar surface area (TPSA) is 38.3 Å². The Morgan fingerprint density at radius 3 is 2.70 bits per heavy atom. The Morgan fingerprint density at radius 1 is 1.30 bits per heavy atom. The summed E-state index contributed by atoms with van der Waals surface area (Å²) < 4.78 is 18.8. The third-order valence-electron chi connectivity index (χ3n) is 2.53. The number of hydrogen-bond donors (Lipinski definition) is 1. The van der Waals surface area contributed by atoms with E-state index in [9.17, 15) is 9.18 Å². The molecule has 0 aliphatic carbocycles. The number of amides is 1. The molecule has 0 heterocycles. The van der Waals surface area contributed by atoms with Gasteiger partial charge >= 0.3 is 0 Å². The first kappa shape index (κ1) is 14.8. The van der Waals surface area contributed by atoms with E-state index in [1.54, 1.807) is 18.2 Å². The van der Waals surface area contributed by atoms with Crippen molar-refractivity contribution in [2.24, 2.45) is 0 Å². The summed E-state index contributed by atoms with van der Waals surface area (Å²) in [5.41, 5.74) is 0.831. The summed E-state index contributed by atoms with van der Waals surface area (Å²) in [5, 5.41) is 3.10. The molecule has 0 spiro atoms. The number of carbonyl (C=O) groups excluding carboxylic acids is 1. The van der Waals surface area contributed by atoms with E-state index in [4.69, 9.17) is 16.3 Å². The van der Waals surface area contributed by atoms with E-state index in [-0.39, 0.29) is 11.7 Å². The van der Waals surface area contributed by atoms with Crippen molar-refractivity contribution < 1.29 is 13.9 Å². The maximum atomic E-state index is 13.3. The summed E-state index contributed by atoms with van der Waals surface area (Å²) in [4.78, 5) is 12.1. The van der Waals surface area contributed by atoms with E-state index in [0.29, 0.717) is 20.7 Å². The van der Waals surface area contributed by atoms with E-state index >= 15 is 0 Å². The molecule has 0 bridgehead atoms. The molecule has 1 amide bonds. The molecule has 104 valence electrons. The van der Waals surface area contributed by atoms with Gasteiger partial charge in [-0.2, -0.15) is 0 Å². The summed E-state index contributed by atoms with van der Waals surface area (Å²) in [7, 11) is 1.36. The summed E-state index contributed by atoms with van der Waals surface area (Å²) in [5.74, 6) is -0.770. The monoisotopic (exact) mass is 357 g/mol. The molecule has 2 aromatic carbocycles. The number of anilines is 1. The van der Waals surface area contributed by atoms with E-state index in [2.05, 4.69) is 21.2 Å². The van der Waals surface area contributed by atoms with Crippen molar-refractivity contribution in [3.8, 4) is 5.75 Å². The molecule has 1 N–H and O–H groups in total. The van der Waals surface area contributed by atoms with Gasteiger partial charge in [-0.15, -0.1) is 0 Å². The van der Waals surface area contributed by atoms with Gasteiger partial charge in [0.15, 0.2) is 11.6 Å². The van der Waals surface area contributed by atoms with Crippen LogP contribution in [0.3, 0.4) is 0 Å². The molecular weight excluding hydrogens is 349 g/mol. The number of ether oxygens (including phenoxy) is 1. The van der Waals surface area contributed by atoms with Gasteiger partial charge in [-0.1, -0.05) is 27.5 Å². The third-order valence-corrected chi connectivity index (χ3v) is 3.21. The first-order valence-electron chi connectivity index (χ1n) is 5.60. The van der Waals surface area contributed by atoms with Crippen LogP contribution in [0, 0.1) is 5.82 Å². The van der Waals surface area contributed by atoms with Crippen molar-refractivity contribution in [1.82, 2.24) is 0 Å². The van der Waals surface area contributed by atoms with Gasteiger partial charge < -0.3 is 10.1 Å². The van der Waals surface area contributed by atoms with Crippen molar-refractivity contribution in [2.45, 2.75) is 0 Å². The standard InChI is InChI=1S/C14H10BrClFNO2/c1-20-13-7-11(2-3-12(13)17)18-14(19)8-4-9(15)6-10(16)5-8/h2-7H,1H3,(H,18,19). The second-order valence-electron chi connectivity index (χ2n) is 3.96. The molecule has 0 atom stereocenters. The minimum Gasteiger partial charge on any atom is -0.494 e. The lowest BCUT2D eigenvalue weighted by Gasteiger charge is -2.08. The fourth-order valence-electron chi connectivity index (χ4n) is 1.63. The van der Waals surface area contributed by atoms with E-state index < -0.39 is 5.82 Å². The van der Waals surface area contributed by atoms with Crippen LogP contribution in [0.25, 0.3) is 0 Å². The van der Waals surface area contributed by atoms with Gasteiger partial charge in [0.05, 0.1) is 7.11 Å². The Kier molecular flexibility index (Phi) is 4.62. The second kappa shape index (κ2) is 6.24. The van der Waals surface area contributed by atoms with E-state index in [0.717, 1.165) is 0 Å². The Morgan fingerprint density at radius 2 is 2.05 bits per heavy atom. The molecular formula is C14H10BrClFNO2. The first-order valence-corrected chi connectivity index (χ1v) is 6.77. The maximum Gasteiger partial charge on any atom is 0.255 e. The van der Waals surface area contributed by atoms with Gasteiger partial charge in [0.2, 0.25) is 0 Å². The van der Waals surface area contributed by atoms with Gasteiger partial charge in [-0.05, 0) is 30.3 Å². The molecule has 0 fully saturated rings. The van der Waals surface area contributed by atoms with Crippen LogP contribution in [0.5, 0.6) is 5.75 Å². The molecule has 6 heteroatoms. The highest BCUT2D eigenvalue weighted by atomic mass is 79.9. The number of nitrogens with one attached hydrogen (secondary N) is 1. The smallest absolute Gasteiger partial charge is 0.255 e. The molecule has 3 nitrogen and oxygen atoms in total. The largest absolute Gasteiger partial charge is 0.494 e. The molecule has 2 aromatic rings. The zero-order chi connectivity index (χ0) is 14.7. The van der Waals surface area contributed by atoms with Gasteiger partial charge in [-0.25, -0.2) is 4.39 Å². The number of halogens is 3. The van der Waals surface area contributed by atoms with Crippen LogP contribution < -0.4 is 10.1 Å². The normalized spacial score (nSPS) is 10.2. The lowest BCUT2D eigenvalue weighted by atomic mass is 10.2. The molecule has 0 saturated carbocycles. The van der Waals surface area contributed by atoms with Crippen molar-refractivity contribution in [3.63, 3.8) is 0 Å². The van der Waals surface area contributed by atoms with Crippen LogP contribution in [0.2, 0.25) is 5.02 Å². The Balaban J connectivity index is 2.23. The molecule has 20 heavy (non-hydrogen) atoms. The average Bonchev–Trinajstić information content (AvgIpc) is 2.39. The Bertz CT molecular complexity index is 643. The van der Waals surface area contributed by atoms with Crippen LogP contribution in [-0.4, -0.2) is 13.0 Å². The fraction of sp³-hybridized carbons (Fsp3) is 0.0714. The van der Waals surface area contributed by atoms with Crippen molar-refractivity contribution in [3.05, 3.63) is 57.3 Å². The summed E-state index contributed by atoms with van der Waals surface area (Å²) >= 11 is 9.15. The van der Waals surface area contributed by atoms with Gasteiger partial charge in [0.25, 0.3) is 5.91 Å². The van der Waals surface area contributed by atoms with E-state index in [1.807, 2.05) is 0 Å².